The Labute approximate surface area is 142 Å². The second-order valence-electron chi connectivity index (χ2n) is 5.32. The fraction of sp³-hybridized carbons (Fsp3) is 0.250. The van der Waals surface area contributed by atoms with Gasteiger partial charge in [0.05, 0.1) is 10.9 Å². The zero-order chi connectivity index (χ0) is 17.1. The summed E-state index contributed by atoms with van der Waals surface area (Å²) in [6.07, 6.45) is 0. The predicted molar refractivity (Wildman–Crippen MR) is 89.7 cm³/mol. The Kier molecular flexibility index (Phi) is 4.66. The van der Waals surface area contributed by atoms with E-state index < -0.39 is 5.25 Å². The van der Waals surface area contributed by atoms with Gasteiger partial charge in [-0.25, -0.2) is 0 Å². The van der Waals surface area contributed by atoms with Crippen molar-refractivity contribution in [2.45, 2.75) is 31.2 Å². The van der Waals surface area contributed by atoms with E-state index in [4.69, 9.17) is 8.94 Å². The van der Waals surface area contributed by atoms with Crippen molar-refractivity contribution in [1.29, 1.82) is 0 Å². The average Bonchev–Trinajstić information content (AvgIpc) is 3.17. The van der Waals surface area contributed by atoms with Crippen molar-refractivity contribution >= 4 is 23.6 Å². The smallest absolute Gasteiger partial charge is 0.277 e. The van der Waals surface area contributed by atoms with Crippen molar-refractivity contribution in [3.63, 3.8) is 0 Å². The number of hydrogen-bond donors (Lipinski definition) is 1. The van der Waals surface area contributed by atoms with E-state index in [1.54, 1.807) is 19.9 Å². The van der Waals surface area contributed by atoms with Crippen LogP contribution in [0.5, 0.6) is 0 Å². The molecule has 3 rings (SSSR count). The number of benzene rings is 1. The summed E-state index contributed by atoms with van der Waals surface area (Å²) < 4.78 is 10.6. The van der Waals surface area contributed by atoms with Gasteiger partial charge in [0.25, 0.3) is 5.22 Å². The molecule has 0 aliphatic rings. The number of carbonyl (C=O) groups excluding carboxylic acids is 1. The minimum absolute atomic E-state index is 0.230. The highest BCUT2D eigenvalue weighted by molar-refractivity contribution is 8.00. The van der Waals surface area contributed by atoms with Crippen LogP contribution in [0.25, 0.3) is 11.5 Å². The van der Waals surface area contributed by atoms with Crippen molar-refractivity contribution < 1.29 is 13.7 Å². The summed E-state index contributed by atoms with van der Waals surface area (Å²) >= 11 is 1.18. The standard InChI is InChI=1S/C16H16N4O3S/c1-9-4-6-12(7-5-9)15-18-19-16(22-15)24-11(3)14(21)17-13-8-10(2)20-23-13/h4-8,11H,1-3H3,(H,17,21). The lowest BCUT2D eigenvalue weighted by Gasteiger charge is -2.06. The van der Waals surface area contributed by atoms with Gasteiger partial charge in [0.2, 0.25) is 17.7 Å². The van der Waals surface area contributed by atoms with Gasteiger partial charge in [-0.05, 0) is 32.9 Å². The molecule has 0 aliphatic heterocycles. The lowest BCUT2D eigenvalue weighted by atomic mass is 10.1. The van der Waals surface area contributed by atoms with E-state index >= 15 is 0 Å². The van der Waals surface area contributed by atoms with Gasteiger partial charge in [-0.3, -0.25) is 10.1 Å². The fourth-order valence-electron chi connectivity index (χ4n) is 1.92. The van der Waals surface area contributed by atoms with E-state index in [0.717, 1.165) is 11.1 Å². The summed E-state index contributed by atoms with van der Waals surface area (Å²) in [4.78, 5) is 12.1. The monoisotopic (exact) mass is 344 g/mol. The maximum atomic E-state index is 12.1. The summed E-state index contributed by atoms with van der Waals surface area (Å²) in [5, 5.41) is 14.3. The maximum absolute atomic E-state index is 12.1. The first-order valence-corrected chi connectivity index (χ1v) is 8.20. The van der Waals surface area contributed by atoms with Crippen LogP contribution in [0.3, 0.4) is 0 Å². The van der Waals surface area contributed by atoms with Crippen molar-refractivity contribution in [2.75, 3.05) is 5.32 Å². The molecule has 0 spiro atoms. The molecule has 1 atom stereocenters. The topological polar surface area (TPSA) is 94.1 Å². The van der Waals surface area contributed by atoms with Crippen molar-refractivity contribution in [2.24, 2.45) is 0 Å². The molecule has 0 saturated carbocycles. The van der Waals surface area contributed by atoms with Gasteiger partial charge < -0.3 is 8.94 Å². The second-order valence-corrected chi connectivity index (χ2v) is 6.61. The summed E-state index contributed by atoms with van der Waals surface area (Å²) in [5.74, 6) is 0.512. The van der Waals surface area contributed by atoms with E-state index in [-0.39, 0.29) is 5.91 Å². The van der Waals surface area contributed by atoms with Gasteiger partial charge in [-0.1, -0.05) is 34.6 Å². The van der Waals surface area contributed by atoms with Gasteiger partial charge >= 0.3 is 0 Å². The van der Waals surface area contributed by atoms with E-state index in [9.17, 15) is 4.79 Å². The molecule has 7 nitrogen and oxygen atoms in total. The molecule has 2 heterocycles. The quantitative estimate of drug-likeness (QED) is 0.708. The molecule has 24 heavy (non-hydrogen) atoms. The van der Waals surface area contributed by atoms with Gasteiger partial charge in [-0.2, -0.15) is 0 Å². The van der Waals surface area contributed by atoms with Crippen LogP contribution in [-0.2, 0) is 4.79 Å². The highest BCUT2D eigenvalue weighted by Gasteiger charge is 2.20. The van der Waals surface area contributed by atoms with Gasteiger partial charge in [0.1, 0.15) is 0 Å². The normalized spacial score (nSPS) is 12.1. The van der Waals surface area contributed by atoms with Crippen molar-refractivity contribution in [3.8, 4) is 11.5 Å². The van der Waals surface area contributed by atoms with Crippen LogP contribution < -0.4 is 5.32 Å². The number of nitrogens with one attached hydrogen (secondary N) is 1. The molecule has 0 aliphatic carbocycles. The minimum Gasteiger partial charge on any atom is -0.411 e. The zero-order valence-electron chi connectivity index (χ0n) is 13.4. The first-order valence-electron chi connectivity index (χ1n) is 7.32. The Morgan fingerprint density at radius 1 is 1.21 bits per heavy atom. The van der Waals surface area contributed by atoms with Gasteiger partial charge in [0.15, 0.2) is 0 Å². The Hall–Kier alpha value is -2.61. The number of nitrogens with zero attached hydrogens (tertiary/aromatic N) is 3. The zero-order valence-corrected chi connectivity index (χ0v) is 14.3. The number of amides is 1. The predicted octanol–water partition coefficient (Wildman–Crippen LogP) is 3.46. The van der Waals surface area contributed by atoms with Crippen LogP contribution in [0, 0.1) is 13.8 Å². The Morgan fingerprint density at radius 2 is 1.96 bits per heavy atom. The minimum atomic E-state index is -0.429. The Morgan fingerprint density at radius 3 is 2.62 bits per heavy atom. The molecule has 124 valence electrons. The highest BCUT2D eigenvalue weighted by Crippen LogP contribution is 2.27. The number of aromatic nitrogens is 3. The summed E-state index contributed by atoms with van der Waals surface area (Å²) in [6, 6.07) is 9.43. The van der Waals surface area contributed by atoms with Crippen LogP contribution in [0.1, 0.15) is 18.2 Å². The second kappa shape index (κ2) is 6.88. The Balaban J connectivity index is 1.63. The molecule has 2 aromatic heterocycles. The first-order chi connectivity index (χ1) is 11.5. The number of hydrogen-bond acceptors (Lipinski definition) is 7. The van der Waals surface area contributed by atoms with Gasteiger partial charge in [0, 0.05) is 11.6 Å². The third-order valence-electron chi connectivity index (χ3n) is 3.23. The van der Waals surface area contributed by atoms with Crippen LogP contribution in [0.15, 0.2) is 44.5 Å². The lowest BCUT2D eigenvalue weighted by molar-refractivity contribution is -0.115. The molecule has 1 unspecified atom stereocenters. The molecule has 0 radical (unpaired) electrons. The molecule has 1 N–H and O–H groups in total. The van der Waals surface area contributed by atoms with E-state index in [1.807, 2.05) is 31.2 Å². The number of aryl methyl sites for hydroxylation is 2. The molecule has 0 saturated heterocycles. The number of rotatable bonds is 5. The highest BCUT2D eigenvalue weighted by atomic mass is 32.2. The molecule has 8 heteroatoms. The Bertz CT molecular complexity index is 841. The van der Waals surface area contributed by atoms with Crippen LogP contribution in [-0.4, -0.2) is 26.5 Å². The third kappa shape index (κ3) is 3.83. The lowest BCUT2D eigenvalue weighted by Crippen LogP contribution is -2.22. The average molecular weight is 344 g/mol. The summed E-state index contributed by atoms with van der Waals surface area (Å²) in [6.45, 7) is 5.54. The molecular formula is C16H16N4O3S. The molecule has 1 amide bonds. The molecule has 0 fully saturated rings. The molecular weight excluding hydrogens is 328 g/mol. The maximum Gasteiger partial charge on any atom is 0.277 e. The van der Waals surface area contributed by atoms with Crippen LogP contribution in [0.2, 0.25) is 0 Å². The fourth-order valence-corrected chi connectivity index (χ4v) is 2.60. The summed E-state index contributed by atoms with van der Waals surface area (Å²) in [5.41, 5.74) is 2.69. The van der Waals surface area contributed by atoms with Crippen molar-refractivity contribution in [1.82, 2.24) is 15.4 Å². The van der Waals surface area contributed by atoms with Crippen LogP contribution in [0.4, 0.5) is 5.88 Å². The number of carbonyl (C=O) groups is 1. The largest absolute Gasteiger partial charge is 0.411 e. The third-order valence-corrected chi connectivity index (χ3v) is 4.16. The SMILES string of the molecule is Cc1ccc(-c2nnc(SC(C)C(=O)Nc3cc(C)no3)o2)cc1. The number of anilines is 1. The summed E-state index contributed by atoms with van der Waals surface area (Å²) in [7, 11) is 0. The first kappa shape index (κ1) is 16.3. The van der Waals surface area contributed by atoms with E-state index in [2.05, 4.69) is 20.7 Å². The molecule has 0 bridgehead atoms. The van der Waals surface area contributed by atoms with Crippen LogP contribution >= 0.6 is 11.8 Å². The number of thioether (sulfide) groups is 1. The van der Waals surface area contributed by atoms with Crippen molar-refractivity contribution in [3.05, 3.63) is 41.6 Å². The van der Waals surface area contributed by atoms with Gasteiger partial charge in [-0.15, -0.1) is 10.2 Å². The molecule has 1 aromatic carbocycles. The van der Waals surface area contributed by atoms with E-state index in [1.165, 1.54) is 11.8 Å². The molecule has 3 aromatic rings. The van der Waals surface area contributed by atoms with E-state index in [0.29, 0.717) is 22.7 Å².